The molecule has 0 saturated carbocycles. The van der Waals surface area contributed by atoms with Crippen LogP contribution in [0.2, 0.25) is 5.02 Å². The number of rotatable bonds is 4. The Kier molecular flexibility index (Phi) is 8.38. The van der Waals surface area contributed by atoms with E-state index in [0.717, 1.165) is 10.8 Å². The summed E-state index contributed by atoms with van der Waals surface area (Å²) < 4.78 is 59.2. The number of benzene rings is 3. The molecule has 0 atom stereocenters. The van der Waals surface area contributed by atoms with Gasteiger partial charge in [0.2, 0.25) is 0 Å². The molecule has 0 aromatic heterocycles. The van der Waals surface area contributed by atoms with E-state index >= 15 is 0 Å². The Morgan fingerprint density at radius 3 is 1.17 bits per heavy atom. The Balaban J connectivity index is 0.000000572. The van der Waals surface area contributed by atoms with Gasteiger partial charge in [0.25, 0.3) is 0 Å². The van der Waals surface area contributed by atoms with E-state index in [0.29, 0.717) is 0 Å². The molecular weight excluding hydrogens is 537 g/mol. The molecule has 0 bridgehead atoms. The van der Waals surface area contributed by atoms with E-state index in [1.807, 2.05) is 12.1 Å². The second kappa shape index (κ2) is 9.89. The second-order valence-electron chi connectivity index (χ2n) is 10.7. The van der Waals surface area contributed by atoms with Gasteiger partial charge in [-0.3, -0.25) is 0 Å². The molecule has 0 heterocycles. The van der Waals surface area contributed by atoms with Crippen LogP contribution in [0, 0.1) is 0 Å². The van der Waals surface area contributed by atoms with Crippen LogP contribution in [-0.2, 0) is 27.5 Å². The first-order valence-electron chi connectivity index (χ1n) is 11.2. The van der Waals surface area contributed by atoms with Crippen molar-refractivity contribution in [2.24, 2.45) is 0 Å². The van der Waals surface area contributed by atoms with Gasteiger partial charge in [0, 0.05) is 10.6 Å². The monoisotopic (exact) mass is 568 g/mol. The third-order valence-corrected chi connectivity index (χ3v) is 7.79. The molecule has 36 heavy (non-hydrogen) atoms. The molecule has 0 unspecified atom stereocenters. The predicted octanol–water partition coefficient (Wildman–Crippen LogP) is 11.6. The summed E-state index contributed by atoms with van der Waals surface area (Å²) in [5.74, 6) is 0.987. The summed E-state index contributed by atoms with van der Waals surface area (Å²) in [5, 5.41) is 0.790. The van der Waals surface area contributed by atoms with E-state index in [4.69, 9.17) is 11.6 Å². The van der Waals surface area contributed by atoms with Crippen LogP contribution in [0.25, 0.3) is 0 Å². The van der Waals surface area contributed by atoms with Crippen molar-refractivity contribution in [3.63, 3.8) is 0 Å². The maximum atomic E-state index is 9.87. The molecular formula is C27H32ClF6PS. The van der Waals surface area contributed by atoms with Crippen molar-refractivity contribution in [1.82, 2.24) is 0 Å². The van der Waals surface area contributed by atoms with E-state index in [9.17, 15) is 25.2 Å². The van der Waals surface area contributed by atoms with Gasteiger partial charge in [0.05, 0.1) is 10.9 Å². The maximum absolute atomic E-state index is 10.7. The standard InChI is InChI=1S/C27H32ClS.F6P/c1-26(2,3)21-9-15-24(16-10-21)29(19-20-7-13-23(28)14-8-20)25-17-11-22(12-18-25)27(4,5)6;1-7(2,3,4,5)6/h7-18H,19H2,1-6H3;/q+1;-1. The van der Waals surface area contributed by atoms with Crippen molar-refractivity contribution in [3.8, 4) is 0 Å². The average Bonchev–Trinajstić information content (AvgIpc) is 2.70. The van der Waals surface area contributed by atoms with Gasteiger partial charge in [-0.1, -0.05) is 89.5 Å². The SMILES string of the molecule is CC(C)(C)c1ccc([S+](Cc2ccc(Cl)cc2)c2ccc(C(C)(C)C)cc2)cc1.F[P-](F)(F)(F)(F)F. The molecule has 9 heteroatoms. The molecule has 0 aliphatic rings. The molecule has 3 aromatic carbocycles. The average molecular weight is 569 g/mol. The van der Waals surface area contributed by atoms with Crippen molar-refractivity contribution < 1.29 is 25.2 Å². The van der Waals surface area contributed by atoms with Gasteiger partial charge in [0.1, 0.15) is 5.75 Å². The first kappa shape index (κ1) is 30.5. The first-order valence-corrected chi connectivity index (χ1v) is 15.0. The van der Waals surface area contributed by atoms with Crippen LogP contribution in [0.4, 0.5) is 25.2 Å². The fourth-order valence-electron chi connectivity index (χ4n) is 3.29. The molecule has 0 aliphatic carbocycles. The molecule has 3 aromatic rings. The van der Waals surface area contributed by atoms with Gasteiger partial charge in [-0.25, -0.2) is 0 Å². The van der Waals surface area contributed by atoms with Crippen LogP contribution in [0.3, 0.4) is 0 Å². The topological polar surface area (TPSA) is 0 Å². The van der Waals surface area contributed by atoms with Gasteiger partial charge in [-0.2, -0.15) is 0 Å². The molecule has 0 nitrogen and oxygen atoms in total. The Morgan fingerprint density at radius 1 is 0.583 bits per heavy atom. The van der Waals surface area contributed by atoms with Crippen LogP contribution < -0.4 is 0 Å². The zero-order valence-electron chi connectivity index (χ0n) is 21.1. The molecule has 0 saturated heterocycles. The zero-order valence-corrected chi connectivity index (χ0v) is 23.6. The Hall–Kier alpha value is -1.69. The Bertz CT molecular complexity index is 1080. The van der Waals surface area contributed by atoms with Crippen molar-refractivity contribution in [2.75, 3.05) is 0 Å². The molecule has 3 rings (SSSR count). The fraction of sp³-hybridized carbons (Fsp3) is 0.333. The Morgan fingerprint density at radius 2 is 0.889 bits per heavy atom. The summed E-state index contributed by atoms with van der Waals surface area (Å²) in [4.78, 5) is 2.77. The van der Waals surface area contributed by atoms with Crippen molar-refractivity contribution in [1.29, 1.82) is 0 Å². The fourth-order valence-corrected chi connectivity index (χ4v) is 5.47. The molecule has 0 N–H and O–H groups in total. The molecule has 0 aliphatic heterocycles. The summed E-state index contributed by atoms with van der Waals surface area (Å²) in [6, 6.07) is 26.7. The minimum absolute atomic E-state index is 0.0220. The quantitative estimate of drug-likeness (QED) is 0.167. The van der Waals surface area contributed by atoms with Gasteiger partial charge in [-0.15, -0.1) is 0 Å². The van der Waals surface area contributed by atoms with Crippen LogP contribution in [0.15, 0.2) is 82.6 Å². The normalized spacial score (nSPS) is 14.5. The van der Waals surface area contributed by atoms with Gasteiger partial charge in [0.15, 0.2) is 9.79 Å². The third kappa shape index (κ3) is 11.6. The summed E-state index contributed by atoms with van der Waals surface area (Å²) in [5.41, 5.74) is 4.40. The van der Waals surface area contributed by atoms with E-state index in [1.54, 1.807) is 0 Å². The summed E-state index contributed by atoms with van der Waals surface area (Å²) >= 11 is 6.10. The molecule has 0 radical (unpaired) electrons. The van der Waals surface area contributed by atoms with Gasteiger partial charge in [-0.05, 0) is 58.4 Å². The van der Waals surface area contributed by atoms with Crippen molar-refractivity contribution in [3.05, 3.63) is 94.5 Å². The summed E-state index contributed by atoms with van der Waals surface area (Å²) in [6.45, 7) is 13.6. The second-order valence-corrected chi connectivity index (χ2v) is 15.0. The molecule has 0 spiro atoms. The van der Waals surface area contributed by atoms with Crippen LogP contribution in [-0.4, -0.2) is 0 Å². The van der Waals surface area contributed by atoms with E-state index in [1.165, 1.54) is 26.5 Å². The first-order chi connectivity index (χ1) is 16.0. The summed E-state index contributed by atoms with van der Waals surface area (Å²) in [6.07, 6.45) is 0. The number of halogens is 7. The van der Waals surface area contributed by atoms with Gasteiger partial charge >= 0.3 is 33.0 Å². The minimum atomic E-state index is -10.7. The molecule has 0 amide bonds. The Labute approximate surface area is 217 Å². The summed E-state index contributed by atoms with van der Waals surface area (Å²) in [7, 11) is -10.7. The zero-order chi connectivity index (χ0) is 27.6. The van der Waals surface area contributed by atoms with E-state index in [-0.39, 0.29) is 21.7 Å². The van der Waals surface area contributed by atoms with Crippen molar-refractivity contribution >= 4 is 30.3 Å². The van der Waals surface area contributed by atoms with E-state index in [2.05, 4.69) is 102 Å². The molecule has 200 valence electrons. The van der Waals surface area contributed by atoms with Crippen molar-refractivity contribution in [2.45, 2.75) is 67.9 Å². The number of hydrogen-bond acceptors (Lipinski definition) is 0. The van der Waals surface area contributed by atoms with Gasteiger partial charge < -0.3 is 0 Å². The van der Waals surface area contributed by atoms with E-state index < -0.39 is 7.81 Å². The number of hydrogen-bond donors (Lipinski definition) is 0. The van der Waals surface area contributed by atoms with Crippen LogP contribution in [0.5, 0.6) is 0 Å². The molecule has 0 fully saturated rings. The third-order valence-electron chi connectivity index (χ3n) is 5.23. The predicted molar refractivity (Wildman–Crippen MR) is 143 cm³/mol. The van der Waals surface area contributed by atoms with Crippen LogP contribution >= 0.6 is 19.4 Å². The van der Waals surface area contributed by atoms with Crippen LogP contribution in [0.1, 0.15) is 58.2 Å².